The molecule has 0 atom stereocenters. The Morgan fingerprint density at radius 3 is 2.44 bits per heavy atom. The zero-order valence-corrected chi connectivity index (χ0v) is 19.6. The van der Waals surface area contributed by atoms with Crippen molar-refractivity contribution in [3.8, 4) is 0 Å². The highest BCUT2D eigenvalue weighted by atomic mass is 32.2. The van der Waals surface area contributed by atoms with E-state index in [0.717, 1.165) is 16.2 Å². The van der Waals surface area contributed by atoms with Gasteiger partial charge in [0.15, 0.2) is 0 Å². The topological polar surface area (TPSA) is 130 Å². The molecular weight excluding hydrogens is 478 g/mol. The van der Waals surface area contributed by atoms with Gasteiger partial charge in [0.1, 0.15) is 11.6 Å². The quantitative estimate of drug-likeness (QED) is 0.535. The Bertz CT molecular complexity index is 1410. The van der Waals surface area contributed by atoms with Gasteiger partial charge in [0.05, 0.1) is 16.0 Å². The number of rotatable bonds is 5. The molecular formula is C22H19N5O5S2. The Kier molecular flexibility index (Phi) is 5.41. The summed E-state index contributed by atoms with van der Waals surface area (Å²) in [6.07, 6.45) is 1.21. The van der Waals surface area contributed by atoms with Gasteiger partial charge >= 0.3 is 0 Å². The summed E-state index contributed by atoms with van der Waals surface area (Å²) in [6, 6.07) is 11.0. The second-order valence-corrected chi connectivity index (χ2v) is 10.8. The summed E-state index contributed by atoms with van der Waals surface area (Å²) >= 11 is 1.13. The minimum Gasteiger partial charge on any atom is -0.311 e. The Labute approximate surface area is 199 Å². The Morgan fingerprint density at radius 1 is 1.09 bits per heavy atom. The maximum absolute atomic E-state index is 13.1. The molecule has 1 aromatic heterocycles. The third kappa shape index (κ3) is 3.84. The fraction of sp³-hybridized carbons (Fsp3) is 0.227. The maximum Gasteiger partial charge on any atom is 0.263 e. The van der Waals surface area contributed by atoms with Crippen LogP contribution in [0.25, 0.3) is 0 Å². The Morgan fingerprint density at radius 2 is 1.79 bits per heavy atom. The van der Waals surface area contributed by atoms with Gasteiger partial charge in [-0.25, -0.2) is 8.42 Å². The van der Waals surface area contributed by atoms with Gasteiger partial charge in [-0.15, -0.1) is 10.2 Å². The molecule has 0 saturated carbocycles. The van der Waals surface area contributed by atoms with Crippen molar-refractivity contribution in [2.75, 3.05) is 22.7 Å². The van der Waals surface area contributed by atoms with Crippen LogP contribution in [0.2, 0.25) is 0 Å². The van der Waals surface area contributed by atoms with Crippen LogP contribution in [-0.4, -0.2) is 54.3 Å². The molecule has 3 aromatic rings. The summed E-state index contributed by atoms with van der Waals surface area (Å²) in [4.78, 5) is 40.9. The van der Waals surface area contributed by atoms with Gasteiger partial charge in [-0.2, -0.15) is 0 Å². The number of imide groups is 1. The Hall–Kier alpha value is -3.64. The molecule has 1 N–H and O–H groups in total. The van der Waals surface area contributed by atoms with E-state index in [0.29, 0.717) is 35.6 Å². The smallest absolute Gasteiger partial charge is 0.263 e. The van der Waals surface area contributed by atoms with Crippen LogP contribution in [0, 0.1) is 6.92 Å². The number of aromatic nitrogens is 2. The number of nitrogens with zero attached hydrogens (tertiary/aromatic N) is 4. The molecule has 2 aliphatic heterocycles. The van der Waals surface area contributed by atoms with Crippen LogP contribution >= 0.6 is 11.3 Å². The van der Waals surface area contributed by atoms with E-state index in [-0.39, 0.29) is 27.7 Å². The van der Waals surface area contributed by atoms with Crippen LogP contribution in [0.3, 0.4) is 0 Å². The van der Waals surface area contributed by atoms with Gasteiger partial charge in [-0.1, -0.05) is 23.5 Å². The molecule has 34 heavy (non-hydrogen) atoms. The average Bonchev–Trinajstić information content (AvgIpc) is 3.33. The van der Waals surface area contributed by atoms with E-state index >= 15 is 0 Å². The number of amides is 3. The number of fused-ring (bicyclic) bond motifs is 2. The fourth-order valence-electron chi connectivity index (χ4n) is 4.11. The van der Waals surface area contributed by atoms with Crippen LogP contribution in [0.5, 0.6) is 0 Å². The minimum atomic E-state index is -3.88. The summed E-state index contributed by atoms with van der Waals surface area (Å²) in [5.74, 6) is -1.40. The van der Waals surface area contributed by atoms with Gasteiger partial charge in [0.2, 0.25) is 11.0 Å². The van der Waals surface area contributed by atoms with Crippen LogP contribution in [-0.2, 0) is 21.2 Å². The number of benzene rings is 2. The van der Waals surface area contributed by atoms with E-state index in [1.54, 1.807) is 37.3 Å². The number of aryl methyl sites for hydroxylation is 2. The van der Waals surface area contributed by atoms with Crippen LogP contribution in [0.1, 0.15) is 37.7 Å². The molecule has 0 saturated heterocycles. The predicted molar refractivity (Wildman–Crippen MR) is 124 cm³/mol. The monoisotopic (exact) mass is 497 g/mol. The molecule has 0 fully saturated rings. The molecule has 0 unspecified atom stereocenters. The van der Waals surface area contributed by atoms with Crippen molar-refractivity contribution in [3.05, 3.63) is 64.2 Å². The van der Waals surface area contributed by atoms with Crippen LogP contribution < -0.4 is 9.62 Å². The molecule has 0 bridgehead atoms. The van der Waals surface area contributed by atoms with E-state index in [4.69, 9.17) is 0 Å². The number of anilines is 2. The first-order valence-electron chi connectivity index (χ1n) is 10.5. The fourth-order valence-corrected chi connectivity index (χ4v) is 5.99. The van der Waals surface area contributed by atoms with Crippen molar-refractivity contribution < 1.29 is 22.8 Å². The van der Waals surface area contributed by atoms with E-state index in [1.807, 2.05) is 0 Å². The number of carbonyl (C=O) groups is 3. The second-order valence-electron chi connectivity index (χ2n) is 7.91. The lowest BCUT2D eigenvalue weighted by molar-refractivity contribution is -0.119. The molecule has 0 aliphatic carbocycles. The van der Waals surface area contributed by atoms with Gasteiger partial charge in [0.25, 0.3) is 21.8 Å². The van der Waals surface area contributed by atoms with Crippen molar-refractivity contribution >= 4 is 49.9 Å². The lowest BCUT2D eigenvalue weighted by Crippen LogP contribution is -2.44. The summed E-state index contributed by atoms with van der Waals surface area (Å²) in [5, 5.41) is 8.41. The number of carbonyl (C=O) groups excluding carboxylic acids is 3. The van der Waals surface area contributed by atoms with Crippen molar-refractivity contribution in [1.29, 1.82) is 0 Å². The lowest BCUT2D eigenvalue weighted by atomic mass is 10.0. The zero-order valence-electron chi connectivity index (χ0n) is 18.0. The zero-order chi connectivity index (χ0) is 24.0. The highest BCUT2D eigenvalue weighted by molar-refractivity contribution is 7.93. The largest absolute Gasteiger partial charge is 0.311 e. The highest BCUT2D eigenvalue weighted by Crippen LogP contribution is 2.31. The molecule has 2 aromatic carbocycles. The molecule has 0 radical (unpaired) electrons. The molecule has 5 rings (SSSR count). The molecule has 3 heterocycles. The van der Waals surface area contributed by atoms with E-state index < -0.39 is 27.7 Å². The summed E-state index contributed by atoms with van der Waals surface area (Å²) in [7, 11) is -3.88. The lowest BCUT2D eigenvalue weighted by Gasteiger charge is -2.31. The van der Waals surface area contributed by atoms with Gasteiger partial charge in [0, 0.05) is 12.2 Å². The number of nitrogens with one attached hydrogen (secondary N) is 1. The van der Waals surface area contributed by atoms with Crippen molar-refractivity contribution in [2.24, 2.45) is 0 Å². The average molecular weight is 498 g/mol. The standard InChI is InChI=1S/C22H19N5O5S2/c1-13-23-24-22(33-13)25-34(31,32)15-8-9-18-14(11-15)5-4-10-26(18)19(28)12-27-20(29)16-6-2-3-7-17(16)21(27)30/h2-3,6-9,11H,4-5,10,12H2,1H3,(H,24,25). The van der Waals surface area contributed by atoms with Gasteiger partial charge < -0.3 is 4.90 Å². The van der Waals surface area contributed by atoms with Crippen LogP contribution in [0.15, 0.2) is 47.4 Å². The molecule has 12 heteroatoms. The van der Waals surface area contributed by atoms with Crippen LogP contribution in [0.4, 0.5) is 10.8 Å². The van der Waals surface area contributed by atoms with Gasteiger partial charge in [-0.3, -0.25) is 24.0 Å². The maximum atomic E-state index is 13.1. The molecule has 10 nitrogen and oxygen atoms in total. The Balaban J connectivity index is 1.37. The van der Waals surface area contributed by atoms with Crippen molar-refractivity contribution in [3.63, 3.8) is 0 Å². The van der Waals surface area contributed by atoms with Crippen molar-refractivity contribution in [2.45, 2.75) is 24.7 Å². The summed E-state index contributed by atoms with van der Waals surface area (Å²) < 4.78 is 28.0. The highest BCUT2D eigenvalue weighted by Gasteiger charge is 2.37. The van der Waals surface area contributed by atoms with E-state index in [1.165, 1.54) is 17.0 Å². The van der Waals surface area contributed by atoms with Gasteiger partial charge in [-0.05, 0) is 55.7 Å². The molecule has 3 amide bonds. The molecule has 2 aliphatic rings. The molecule has 174 valence electrons. The summed E-state index contributed by atoms with van der Waals surface area (Å²) in [6.45, 7) is 1.75. The predicted octanol–water partition coefficient (Wildman–Crippen LogP) is 2.22. The first-order chi connectivity index (χ1) is 16.2. The SMILES string of the molecule is Cc1nnc(NS(=O)(=O)c2ccc3c(c2)CCCN3C(=O)CN2C(=O)c3ccccc3C2=O)s1. The van der Waals surface area contributed by atoms with E-state index in [9.17, 15) is 22.8 Å². The third-order valence-corrected chi connectivity index (χ3v) is 7.92. The second kappa shape index (κ2) is 8.29. The minimum absolute atomic E-state index is 0.0498. The van der Waals surface area contributed by atoms with E-state index in [2.05, 4.69) is 14.9 Å². The number of hydrogen-bond acceptors (Lipinski definition) is 8. The summed E-state index contributed by atoms with van der Waals surface area (Å²) in [5.41, 5.74) is 1.83. The number of sulfonamides is 1. The molecule has 0 spiro atoms. The van der Waals surface area contributed by atoms with Crippen molar-refractivity contribution in [1.82, 2.24) is 15.1 Å². The number of hydrogen-bond donors (Lipinski definition) is 1. The first-order valence-corrected chi connectivity index (χ1v) is 12.8. The first kappa shape index (κ1) is 22.2. The normalized spacial score (nSPS) is 15.3. The third-order valence-electron chi connectivity index (χ3n) is 5.70.